The highest BCUT2D eigenvalue weighted by atomic mass is 19.1. The number of aromatic amines is 1. The van der Waals surface area contributed by atoms with E-state index in [1.807, 2.05) is 17.0 Å². The number of rotatable bonds is 3. The average molecular weight is 381 g/mol. The fourth-order valence-electron chi connectivity index (χ4n) is 4.66. The Labute approximate surface area is 163 Å². The molecule has 5 rings (SSSR count). The molecule has 0 saturated carbocycles. The summed E-state index contributed by atoms with van der Waals surface area (Å²) in [7, 11) is 0. The number of hydrogen-bond donors (Lipinski definition) is 1. The molecule has 1 atom stereocenters. The number of nitrogens with zero attached hydrogens (tertiary/aromatic N) is 2. The van der Waals surface area contributed by atoms with Crippen LogP contribution in [0.2, 0.25) is 0 Å². The van der Waals surface area contributed by atoms with Gasteiger partial charge in [0.05, 0.1) is 18.7 Å². The van der Waals surface area contributed by atoms with Crippen LogP contribution in [0.25, 0.3) is 10.9 Å². The third-order valence-corrected chi connectivity index (χ3v) is 6.06. The molecule has 3 aromatic rings. The lowest BCUT2D eigenvalue weighted by Crippen LogP contribution is -2.46. The summed E-state index contributed by atoms with van der Waals surface area (Å²) in [6.07, 6.45) is 4.44. The molecule has 2 aliphatic heterocycles. The summed E-state index contributed by atoms with van der Waals surface area (Å²) >= 11 is 0. The number of hydrogen-bond acceptors (Lipinski definition) is 3. The second-order valence-corrected chi connectivity index (χ2v) is 7.94. The van der Waals surface area contributed by atoms with Gasteiger partial charge in [-0.2, -0.15) is 0 Å². The number of H-pyrrole nitrogens is 1. The zero-order valence-corrected chi connectivity index (χ0v) is 15.8. The summed E-state index contributed by atoms with van der Waals surface area (Å²) in [4.78, 5) is 20.9. The summed E-state index contributed by atoms with van der Waals surface area (Å²) in [6, 6.07) is 8.71. The van der Waals surface area contributed by atoms with Crippen LogP contribution >= 0.6 is 0 Å². The first-order valence-corrected chi connectivity index (χ1v) is 10.00. The molecule has 5 nitrogen and oxygen atoms in total. The highest BCUT2D eigenvalue weighted by Gasteiger charge is 2.32. The Morgan fingerprint density at radius 1 is 1.29 bits per heavy atom. The van der Waals surface area contributed by atoms with Crippen LogP contribution in [-0.4, -0.2) is 40.3 Å². The smallest absolute Gasteiger partial charge is 0.227 e. The van der Waals surface area contributed by atoms with Crippen LogP contribution in [0.4, 0.5) is 4.39 Å². The molecule has 2 aromatic heterocycles. The number of amides is 1. The molecule has 2 aliphatic rings. The van der Waals surface area contributed by atoms with Gasteiger partial charge in [-0.25, -0.2) is 4.39 Å². The predicted molar refractivity (Wildman–Crippen MR) is 104 cm³/mol. The molecule has 1 fully saturated rings. The van der Waals surface area contributed by atoms with Gasteiger partial charge in [0.15, 0.2) is 0 Å². The number of fused-ring (bicyclic) bond motifs is 3. The molecule has 1 amide bonds. The summed E-state index contributed by atoms with van der Waals surface area (Å²) in [5.74, 6) is 0.947. The fraction of sp³-hybridized carbons (Fsp3) is 0.409. The van der Waals surface area contributed by atoms with Gasteiger partial charge in [0.2, 0.25) is 5.91 Å². The molecule has 28 heavy (non-hydrogen) atoms. The normalized spacial score (nSPS) is 20.5. The predicted octanol–water partition coefficient (Wildman–Crippen LogP) is 3.70. The molecule has 0 radical (unpaired) electrons. The number of carbonyl (C=O) groups is 1. The van der Waals surface area contributed by atoms with Gasteiger partial charge in [-0.05, 0) is 49.7 Å². The Morgan fingerprint density at radius 3 is 3.07 bits per heavy atom. The molecule has 146 valence electrons. The number of furan rings is 1. The summed E-state index contributed by atoms with van der Waals surface area (Å²) in [6.45, 7) is 3.80. The molecule has 6 heteroatoms. The quantitative estimate of drug-likeness (QED) is 0.753. The van der Waals surface area contributed by atoms with E-state index in [1.165, 1.54) is 6.07 Å². The molecule has 1 aromatic carbocycles. The highest BCUT2D eigenvalue weighted by molar-refractivity contribution is 5.86. The average Bonchev–Trinajstić information content (AvgIpc) is 3.34. The van der Waals surface area contributed by atoms with E-state index in [4.69, 9.17) is 4.42 Å². The van der Waals surface area contributed by atoms with Crippen molar-refractivity contribution in [2.75, 3.05) is 19.6 Å². The topological polar surface area (TPSA) is 52.5 Å². The largest absolute Gasteiger partial charge is 0.468 e. The zero-order chi connectivity index (χ0) is 19.1. The maximum atomic E-state index is 13.7. The minimum absolute atomic E-state index is 0.0206. The number of piperidine rings is 1. The van der Waals surface area contributed by atoms with Crippen LogP contribution in [-0.2, 0) is 24.3 Å². The number of benzene rings is 1. The van der Waals surface area contributed by atoms with Crippen molar-refractivity contribution < 1.29 is 13.6 Å². The van der Waals surface area contributed by atoms with Gasteiger partial charge in [0, 0.05) is 48.2 Å². The first-order chi connectivity index (χ1) is 13.7. The second kappa shape index (κ2) is 7.09. The van der Waals surface area contributed by atoms with E-state index in [2.05, 4.69) is 9.88 Å². The molecular weight excluding hydrogens is 357 g/mol. The van der Waals surface area contributed by atoms with Gasteiger partial charge >= 0.3 is 0 Å². The van der Waals surface area contributed by atoms with Crippen molar-refractivity contribution in [1.29, 1.82) is 0 Å². The Hall–Kier alpha value is -2.60. The molecule has 0 unspecified atom stereocenters. The van der Waals surface area contributed by atoms with Crippen LogP contribution < -0.4 is 0 Å². The number of nitrogens with one attached hydrogen (secondary N) is 1. The van der Waals surface area contributed by atoms with Gasteiger partial charge < -0.3 is 14.3 Å². The van der Waals surface area contributed by atoms with E-state index in [0.29, 0.717) is 6.54 Å². The van der Waals surface area contributed by atoms with Crippen LogP contribution in [0.5, 0.6) is 0 Å². The van der Waals surface area contributed by atoms with E-state index in [1.54, 1.807) is 18.4 Å². The van der Waals surface area contributed by atoms with Gasteiger partial charge in [-0.3, -0.25) is 9.69 Å². The van der Waals surface area contributed by atoms with Crippen LogP contribution in [0.3, 0.4) is 0 Å². The number of halogens is 1. The van der Waals surface area contributed by atoms with Gasteiger partial charge in [-0.15, -0.1) is 0 Å². The highest BCUT2D eigenvalue weighted by Crippen LogP contribution is 2.30. The van der Waals surface area contributed by atoms with Crippen molar-refractivity contribution in [3.63, 3.8) is 0 Å². The third kappa shape index (κ3) is 3.22. The number of aromatic nitrogens is 1. The Balaban J connectivity index is 1.31. The van der Waals surface area contributed by atoms with Crippen molar-refractivity contribution in [2.24, 2.45) is 5.92 Å². The minimum Gasteiger partial charge on any atom is -0.468 e. The van der Waals surface area contributed by atoms with Crippen molar-refractivity contribution in [3.8, 4) is 0 Å². The number of carbonyl (C=O) groups excluding carboxylic acids is 1. The SMILES string of the molecule is O=C([C@@H]1CCCN(Cc2ccco2)C1)N1CCc2[nH]c3ccc(F)cc3c2C1. The summed E-state index contributed by atoms with van der Waals surface area (Å²) in [5.41, 5.74) is 3.15. The maximum Gasteiger partial charge on any atom is 0.227 e. The molecule has 1 saturated heterocycles. The van der Waals surface area contributed by atoms with Crippen LogP contribution in [0.1, 0.15) is 29.9 Å². The summed E-state index contributed by atoms with van der Waals surface area (Å²) < 4.78 is 19.2. The van der Waals surface area contributed by atoms with Gasteiger partial charge in [0.1, 0.15) is 11.6 Å². The van der Waals surface area contributed by atoms with Gasteiger partial charge in [0.25, 0.3) is 0 Å². The van der Waals surface area contributed by atoms with Crippen LogP contribution in [0.15, 0.2) is 41.0 Å². The maximum absolute atomic E-state index is 13.7. The Bertz CT molecular complexity index is 995. The number of likely N-dealkylation sites (tertiary alicyclic amines) is 1. The van der Waals surface area contributed by atoms with E-state index < -0.39 is 0 Å². The molecular formula is C22H24FN3O2. The monoisotopic (exact) mass is 381 g/mol. The zero-order valence-electron chi connectivity index (χ0n) is 15.8. The van der Waals surface area contributed by atoms with Crippen molar-refractivity contribution in [1.82, 2.24) is 14.8 Å². The first-order valence-electron chi connectivity index (χ1n) is 10.00. The Kier molecular flexibility index (Phi) is 4.43. The van der Waals surface area contributed by atoms with Crippen LogP contribution in [0, 0.1) is 11.7 Å². The van der Waals surface area contributed by atoms with E-state index >= 15 is 0 Å². The molecule has 0 aliphatic carbocycles. The Morgan fingerprint density at radius 2 is 2.21 bits per heavy atom. The minimum atomic E-state index is -0.237. The van der Waals surface area contributed by atoms with E-state index in [-0.39, 0.29) is 17.6 Å². The first kappa shape index (κ1) is 17.5. The van der Waals surface area contributed by atoms with Gasteiger partial charge in [-0.1, -0.05) is 0 Å². The van der Waals surface area contributed by atoms with Crippen molar-refractivity contribution in [2.45, 2.75) is 32.4 Å². The lowest BCUT2D eigenvalue weighted by Gasteiger charge is -2.36. The standard InChI is InChI=1S/C22H24FN3O2/c23-16-5-6-20-18(11-16)19-14-26(9-7-21(19)24-20)22(27)15-3-1-8-25(12-15)13-17-4-2-10-28-17/h2,4-6,10-11,15,24H,1,3,7-9,12-14H2/t15-/m1/s1. The lowest BCUT2D eigenvalue weighted by molar-refractivity contribution is -0.138. The molecule has 0 spiro atoms. The fourth-order valence-corrected chi connectivity index (χ4v) is 4.66. The third-order valence-electron chi connectivity index (χ3n) is 6.06. The molecule has 4 heterocycles. The summed E-state index contributed by atoms with van der Waals surface area (Å²) in [5, 5.41) is 0.899. The van der Waals surface area contributed by atoms with E-state index in [0.717, 1.165) is 73.4 Å². The van der Waals surface area contributed by atoms with Crippen molar-refractivity contribution in [3.05, 3.63) is 59.4 Å². The van der Waals surface area contributed by atoms with E-state index in [9.17, 15) is 9.18 Å². The molecule has 0 bridgehead atoms. The second-order valence-electron chi connectivity index (χ2n) is 7.94. The van der Waals surface area contributed by atoms with Crippen molar-refractivity contribution >= 4 is 16.8 Å². The lowest BCUT2D eigenvalue weighted by atomic mass is 9.95. The molecule has 1 N–H and O–H groups in total.